The molecule has 1 atom stereocenters. The maximum Gasteiger partial charge on any atom is 0.194 e. The normalized spacial score (nSPS) is 19.9. The van der Waals surface area contributed by atoms with E-state index in [9.17, 15) is 5.11 Å². The molecular formula is C12H19NO3. The van der Waals surface area contributed by atoms with Gasteiger partial charge in [-0.3, -0.25) is 0 Å². The molecule has 1 aliphatic rings. The van der Waals surface area contributed by atoms with Gasteiger partial charge < -0.3 is 14.3 Å². The van der Waals surface area contributed by atoms with Crippen LogP contribution in [0.4, 0.5) is 0 Å². The van der Waals surface area contributed by atoms with Crippen LogP contribution in [-0.2, 0) is 17.6 Å². The minimum atomic E-state index is -0.371. The van der Waals surface area contributed by atoms with Crippen LogP contribution in [0.1, 0.15) is 31.4 Å². The lowest BCUT2D eigenvalue weighted by Crippen LogP contribution is -2.17. The third kappa shape index (κ3) is 3.32. The average molecular weight is 225 g/mol. The number of oxazole rings is 1. The highest BCUT2D eigenvalue weighted by Gasteiger charge is 2.17. The second-order valence-corrected chi connectivity index (χ2v) is 4.53. The molecule has 0 amide bonds. The summed E-state index contributed by atoms with van der Waals surface area (Å²) in [6.07, 6.45) is 4.97. The molecule has 1 aromatic heterocycles. The fourth-order valence-corrected chi connectivity index (χ4v) is 2.03. The Hall–Kier alpha value is -0.870. The van der Waals surface area contributed by atoms with E-state index in [-0.39, 0.29) is 6.10 Å². The lowest BCUT2D eigenvalue weighted by molar-refractivity contribution is 0.0645. The van der Waals surface area contributed by atoms with Crippen LogP contribution in [0, 0.1) is 5.92 Å². The number of hydrogen-bond donors (Lipinski definition) is 1. The Morgan fingerprint density at radius 2 is 2.25 bits per heavy atom. The quantitative estimate of drug-likeness (QED) is 0.845. The fourth-order valence-electron chi connectivity index (χ4n) is 2.03. The van der Waals surface area contributed by atoms with E-state index in [1.165, 1.54) is 0 Å². The van der Waals surface area contributed by atoms with Crippen molar-refractivity contribution >= 4 is 0 Å². The van der Waals surface area contributed by atoms with Crippen molar-refractivity contribution in [2.24, 2.45) is 5.92 Å². The monoisotopic (exact) mass is 225 g/mol. The number of ether oxygens (including phenoxy) is 1. The van der Waals surface area contributed by atoms with Crippen LogP contribution in [0.15, 0.2) is 10.6 Å². The minimum Gasteiger partial charge on any atom is -0.446 e. The Balaban J connectivity index is 1.86. The molecule has 0 aromatic carbocycles. The van der Waals surface area contributed by atoms with Crippen molar-refractivity contribution in [2.75, 3.05) is 13.2 Å². The van der Waals surface area contributed by atoms with Gasteiger partial charge in [0.15, 0.2) is 5.89 Å². The third-order valence-corrected chi connectivity index (χ3v) is 2.90. The number of rotatable bonds is 4. The van der Waals surface area contributed by atoms with Crippen LogP contribution in [0.25, 0.3) is 0 Å². The van der Waals surface area contributed by atoms with Crippen LogP contribution in [-0.4, -0.2) is 29.4 Å². The summed E-state index contributed by atoms with van der Waals surface area (Å²) >= 11 is 0. The molecule has 0 aliphatic carbocycles. The molecule has 2 rings (SSSR count). The maximum absolute atomic E-state index is 9.23. The van der Waals surface area contributed by atoms with Crippen molar-refractivity contribution in [3.05, 3.63) is 17.8 Å². The third-order valence-electron chi connectivity index (χ3n) is 2.90. The fraction of sp³-hybridized carbons (Fsp3) is 0.750. The highest BCUT2D eigenvalue weighted by molar-refractivity contribution is 4.96. The SMILES string of the molecule is CC(O)Cc1cnc(CC2CCOCC2)o1. The van der Waals surface area contributed by atoms with E-state index in [0.717, 1.165) is 44.1 Å². The molecular weight excluding hydrogens is 206 g/mol. The van der Waals surface area contributed by atoms with Crippen molar-refractivity contribution in [3.63, 3.8) is 0 Å². The molecule has 2 heterocycles. The van der Waals surface area contributed by atoms with Crippen molar-refractivity contribution in [1.29, 1.82) is 0 Å². The van der Waals surface area contributed by atoms with Gasteiger partial charge in [0, 0.05) is 26.1 Å². The molecule has 0 spiro atoms. The maximum atomic E-state index is 9.23. The van der Waals surface area contributed by atoms with E-state index in [1.807, 2.05) is 0 Å². The first-order chi connectivity index (χ1) is 7.74. The van der Waals surface area contributed by atoms with Gasteiger partial charge in [0.25, 0.3) is 0 Å². The van der Waals surface area contributed by atoms with Crippen molar-refractivity contribution in [2.45, 2.75) is 38.7 Å². The summed E-state index contributed by atoms with van der Waals surface area (Å²) < 4.78 is 10.9. The van der Waals surface area contributed by atoms with Gasteiger partial charge in [-0.2, -0.15) is 0 Å². The predicted octanol–water partition coefficient (Wildman–Crippen LogP) is 1.57. The standard InChI is InChI=1S/C12H19NO3/c1-9(14)6-11-8-13-12(16-11)7-10-2-4-15-5-3-10/h8-10,14H,2-7H2,1H3. The molecule has 90 valence electrons. The summed E-state index contributed by atoms with van der Waals surface area (Å²) in [5, 5.41) is 9.23. The van der Waals surface area contributed by atoms with Gasteiger partial charge in [-0.1, -0.05) is 0 Å². The van der Waals surface area contributed by atoms with Gasteiger partial charge in [0.05, 0.1) is 12.3 Å². The van der Waals surface area contributed by atoms with Crippen LogP contribution < -0.4 is 0 Å². The van der Waals surface area contributed by atoms with Crippen molar-refractivity contribution in [1.82, 2.24) is 4.98 Å². The molecule has 4 nitrogen and oxygen atoms in total. The highest BCUT2D eigenvalue weighted by Crippen LogP contribution is 2.20. The van der Waals surface area contributed by atoms with E-state index < -0.39 is 0 Å². The smallest absolute Gasteiger partial charge is 0.194 e. The zero-order valence-corrected chi connectivity index (χ0v) is 9.69. The van der Waals surface area contributed by atoms with Gasteiger partial charge in [-0.25, -0.2) is 4.98 Å². The van der Waals surface area contributed by atoms with Crippen molar-refractivity contribution in [3.8, 4) is 0 Å². The molecule has 16 heavy (non-hydrogen) atoms. The first-order valence-electron chi connectivity index (χ1n) is 5.93. The molecule has 1 aliphatic heterocycles. The van der Waals surface area contributed by atoms with E-state index in [2.05, 4.69) is 4.98 Å². The van der Waals surface area contributed by atoms with E-state index in [4.69, 9.17) is 9.15 Å². The van der Waals surface area contributed by atoms with E-state index in [0.29, 0.717) is 12.3 Å². The largest absolute Gasteiger partial charge is 0.446 e. The second-order valence-electron chi connectivity index (χ2n) is 4.53. The molecule has 0 saturated carbocycles. The van der Waals surface area contributed by atoms with Crippen LogP contribution in [0.3, 0.4) is 0 Å². The molecule has 1 saturated heterocycles. The summed E-state index contributed by atoms with van der Waals surface area (Å²) in [6.45, 7) is 3.46. The first kappa shape index (κ1) is 11.6. The van der Waals surface area contributed by atoms with E-state index in [1.54, 1.807) is 13.1 Å². The van der Waals surface area contributed by atoms with Gasteiger partial charge in [0.2, 0.25) is 0 Å². The summed E-state index contributed by atoms with van der Waals surface area (Å²) in [7, 11) is 0. The molecule has 1 fully saturated rings. The number of aliphatic hydroxyl groups is 1. The Labute approximate surface area is 95.6 Å². The first-order valence-corrected chi connectivity index (χ1v) is 5.93. The van der Waals surface area contributed by atoms with Crippen LogP contribution in [0.5, 0.6) is 0 Å². The summed E-state index contributed by atoms with van der Waals surface area (Å²) in [4.78, 5) is 4.24. The number of aromatic nitrogens is 1. The minimum absolute atomic E-state index is 0.371. The summed E-state index contributed by atoms with van der Waals surface area (Å²) in [5.74, 6) is 2.20. The molecule has 1 aromatic rings. The van der Waals surface area contributed by atoms with Crippen molar-refractivity contribution < 1.29 is 14.3 Å². The Morgan fingerprint density at radius 3 is 2.94 bits per heavy atom. The summed E-state index contributed by atoms with van der Waals surface area (Å²) in [6, 6.07) is 0. The number of nitrogens with zero attached hydrogens (tertiary/aromatic N) is 1. The molecule has 0 radical (unpaired) electrons. The second kappa shape index (κ2) is 5.46. The lowest BCUT2D eigenvalue weighted by Gasteiger charge is -2.20. The van der Waals surface area contributed by atoms with E-state index >= 15 is 0 Å². The van der Waals surface area contributed by atoms with Crippen LogP contribution >= 0.6 is 0 Å². The average Bonchev–Trinajstić information content (AvgIpc) is 2.66. The molecule has 1 unspecified atom stereocenters. The zero-order valence-electron chi connectivity index (χ0n) is 9.69. The highest BCUT2D eigenvalue weighted by atomic mass is 16.5. The van der Waals surface area contributed by atoms with Crippen LogP contribution in [0.2, 0.25) is 0 Å². The summed E-state index contributed by atoms with van der Waals surface area (Å²) in [5.41, 5.74) is 0. The topological polar surface area (TPSA) is 55.5 Å². The lowest BCUT2D eigenvalue weighted by atomic mass is 9.97. The van der Waals surface area contributed by atoms with Gasteiger partial charge in [-0.15, -0.1) is 0 Å². The molecule has 1 N–H and O–H groups in total. The molecule has 0 bridgehead atoms. The zero-order chi connectivity index (χ0) is 11.4. The van der Waals surface area contributed by atoms with Gasteiger partial charge >= 0.3 is 0 Å². The predicted molar refractivity (Wildman–Crippen MR) is 59.1 cm³/mol. The Kier molecular flexibility index (Phi) is 3.96. The Bertz CT molecular complexity index is 316. The van der Waals surface area contributed by atoms with Gasteiger partial charge in [-0.05, 0) is 25.7 Å². The number of hydrogen-bond acceptors (Lipinski definition) is 4. The number of aliphatic hydroxyl groups excluding tert-OH is 1. The Morgan fingerprint density at radius 1 is 1.50 bits per heavy atom. The van der Waals surface area contributed by atoms with Gasteiger partial charge in [0.1, 0.15) is 5.76 Å². The molecule has 4 heteroatoms.